The summed E-state index contributed by atoms with van der Waals surface area (Å²) in [6, 6.07) is 4.51. The van der Waals surface area contributed by atoms with Gasteiger partial charge >= 0.3 is 6.18 Å². The summed E-state index contributed by atoms with van der Waals surface area (Å²) < 4.78 is 37.0. The molecular weight excluding hydrogens is 257 g/mol. The quantitative estimate of drug-likeness (QED) is 0.866. The largest absolute Gasteiger partial charge is 0.416 e. The first-order chi connectivity index (χ1) is 8.82. The highest BCUT2D eigenvalue weighted by atomic mass is 19.4. The Bertz CT molecular complexity index is 415. The van der Waals surface area contributed by atoms with Crippen molar-refractivity contribution >= 4 is 5.91 Å². The van der Waals surface area contributed by atoms with Crippen molar-refractivity contribution in [3.05, 3.63) is 35.4 Å². The minimum atomic E-state index is -4.34. The summed E-state index contributed by atoms with van der Waals surface area (Å²) >= 11 is 0. The molecule has 0 saturated carbocycles. The molecule has 3 N–H and O–H groups in total. The Balaban J connectivity index is 2.48. The molecule has 0 radical (unpaired) electrons. The third kappa shape index (κ3) is 5.30. The fourth-order valence-corrected chi connectivity index (χ4v) is 1.47. The zero-order valence-electron chi connectivity index (χ0n) is 10.6. The van der Waals surface area contributed by atoms with E-state index in [1.54, 1.807) is 0 Å². The van der Waals surface area contributed by atoms with E-state index in [0.717, 1.165) is 12.1 Å². The molecule has 0 aliphatic carbocycles. The second-order valence-electron chi connectivity index (χ2n) is 4.34. The van der Waals surface area contributed by atoms with Gasteiger partial charge < -0.3 is 11.1 Å². The van der Waals surface area contributed by atoms with Gasteiger partial charge in [0, 0.05) is 19.0 Å². The standard InChI is InChI=1S/C13H17F3N2O/c1-2-11(17)7-12(19)18-8-9-3-5-10(6-4-9)13(14,15)16/h3-6,11H,2,7-8,17H2,1H3,(H,18,19). The SMILES string of the molecule is CCC(N)CC(=O)NCc1ccc(C(F)(F)F)cc1. The number of carbonyl (C=O) groups excluding carboxylic acids is 1. The minimum absolute atomic E-state index is 0.187. The third-order valence-corrected chi connectivity index (χ3v) is 2.74. The van der Waals surface area contributed by atoms with E-state index in [4.69, 9.17) is 5.73 Å². The summed E-state index contributed by atoms with van der Waals surface area (Å²) in [5.41, 5.74) is 5.54. The summed E-state index contributed by atoms with van der Waals surface area (Å²) in [7, 11) is 0. The maximum absolute atomic E-state index is 12.3. The number of nitrogens with one attached hydrogen (secondary N) is 1. The molecule has 0 spiro atoms. The van der Waals surface area contributed by atoms with Crippen LogP contribution < -0.4 is 11.1 Å². The fraction of sp³-hybridized carbons (Fsp3) is 0.462. The lowest BCUT2D eigenvalue weighted by molar-refractivity contribution is -0.137. The van der Waals surface area contributed by atoms with Crippen molar-refractivity contribution in [1.82, 2.24) is 5.32 Å². The topological polar surface area (TPSA) is 55.1 Å². The van der Waals surface area contributed by atoms with Gasteiger partial charge in [0.25, 0.3) is 0 Å². The summed E-state index contributed by atoms with van der Waals surface area (Å²) in [5, 5.41) is 2.62. The van der Waals surface area contributed by atoms with Crippen molar-refractivity contribution in [2.75, 3.05) is 0 Å². The van der Waals surface area contributed by atoms with E-state index in [2.05, 4.69) is 5.32 Å². The van der Waals surface area contributed by atoms with Gasteiger partial charge in [-0.15, -0.1) is 0 Å². The highest BCUT2D eigenvalue weighted by Gasteiger charge is 2.29. The second-order valence-corrected chi connectivity index (χ2v) is 4.34. The van der Waals surface area contributed by atoms with Crippen molar-refractivity contribution in [2.24, 2.45) is 5.73 Å². The summed E-state index contributed by atoms with van der Waals surface area (Å²) in [6.45, 7) is 2.08. The molecule has 1 rings (SSSR count). The van der Waals surface area contributed by atoms with Crippen molar-refractivity contribution in [3.63, 3.8) is 0 Å². The fourth-order valence-electron chi connectivity index (χ4n) is 1.47. The highest BCUT2D eigenvalue weighted by molar-refractivity contribution is 5.76. The van der Waals surface area contributed by atoms with Gasteiger partial charge in [0.05, 0.1) is 5.56 Å². The van der Waals surface area contributed by atoms with Crippen molar-refractivity contribution in [2.45, 2.75) is 38.5 Å². The highest BCUT2D eigenvalue weighted by Crippen LogP contribution is 2.28. The van der Waals surface area contributed by atoms with E-state index in [1.807, 2.05) is 6.92 Å². The zero-order chi connectivity index (χ0) is 14.5. The molecule has 0 aliphatic rings. The van der Waals surface area contributed by atoms with Crippen LogP contribution in [0.1, 0.15) is 30.9 Å². The van der Waals surface area contributed by atoms with Gasteiger partial charge in [-0.1, -0.05) is 19.1 Å². The molecule has 1 aromatic carbocycles. The van der Waals surface area contributed by atoms with Gasteiger partial charge in [0.2, 0.25) is 5.91 Å². The number of halogens is 3. The molecule has 1 atom stereocenters. The minimum Gasteiger partial charge on any atom is -0.352 e. The van der Waals surface area contributed by atoms with Gasteiger partial charge in [-0.25, -0.2) is 0 Å². The molecule has 1 unspecified atom stereocenters. The van der Waals surface area contributed by atoms with Gasteiger partial charge in [0.15, 0.2) is 0 Å². The van der Waals surface area contributed by atoms with Crippen LogP contribution in [0.4, 0.5) is 13.2 Å². The first-order valence-electron chi connectivity index (χ1n) is 6.01. The van der Waals surface area contributed by atoms with Crippen LogP contribution in [-0.2, 0) is 17.5 Å². The average Bonchev–Trinajstić information content (AvgIpc) is 2.35. The monoisotopic (exact) mass is 274 g/mol. The van der Waals surface area contributed by atoms with Crippen LogP contribution in [0.2, 0.25) is 0 Å². The Morgan fingerprint density at radius 1 is 1.32 bits per heavy atom. The normalized spacial score (nSPS) is 13.1. The van der Waals surface area contributed by atoms with Gasteiger partial charge in [-0.05, 0) is 24.1 Å². The number of rotatable bonds is 5. The van der Waals surface area contributed by atoms with E-state index >= 15 is 0 Å². The van der Waals surface area contributed by atoms with E-state index in [9.17, 15) is 18.0 Å². The maximum atomic E-state index is 12.3. The number of carbonyl (C=O) groups is 1. The first-order valence-corrected chi connectivity index (χ1v) is 6.01. The smallest absolute Gasteiger partial charge is 0.352 e. The maximum Gasteiger partial charge on any atom is 0.416 e. The van der Waals surface area contributed by atoms with Crippen LogP contribution in [0.15, 0.2) is 24.3 Å². The Hall–Kier alpha value is -1.56. The molecule has 0 heterocycles. The summed E-state index contributed by atoms with van der Waals surface area (Å²) in [6.07, 6.45) is -3.42. The van der Waals surface area contributed by atoms with Gasteiger partial charge in [-0.3, -0.25) is 4.79 Å². The average molecular weight is 274 g/mol. The van der Waals surface area contributed by atoms with E-state index in [-0.39, 0.29) is 24.9 Å². The summed E-state index contributed by atoms with van der Waals surface area (Å²) in [5.74, 6) is -0.200. The molecule has 0 aromatic heterocycles. The van der Waals surface area contributed by atoms with E-state index < -0.39 is 11.7 Å². The molecule has 106 valence electrons. The van der Waals surface area contributed by atoms with Crippen molar-refractivity contribution < 1.29 is 18.0 Å². The molecule has 1 aromatic rings. The Kier molecular flexibility index (Phi) is 5.35. The van der Waals surface area contributed by atoms with Crippen LogP contribution in [0.25, 0.3) is 0 Å². The second kappa shape index (κ2) is 6.56. The molecule has 0 fully saturated rings. The van der Waals surface area contributed by atoms with E-state index in [1.165, 1.54) is 12.1 Å². The number of hydrogen-bond acceptors (Lipinski definition) is 2. The lowest BCUT2D eigenvalue weighted by Gasteiger charge is -2.10. The molecule has 0 bridgehead atoms. The van der Waals surface area contributed by atoms with Crippen LogP contribution in [0.5, 0.6) is 0 Å². The number of amides is 1. The van der Waals surface area contributed by atoms with Crippen LogP contribution in [0.3, 0.4) is 0 Å². The Morgan fingerprint density at radius 3 is 2.37 bits per heavy atom. The zero-order valence-corrected chi connectivity index (χ0v) is 10.6. The van der Waals surface area contributed by atoms with Crippen molar-refractivity contribution in [3.8, 4) is 0 Å². The number of benzene rings is 1. The lowest BCUT2D eigenvalue weighted by atomic mass is 10.1. The third-order valence-electron chi connectivity index (χ3n) is 2.74. The predicted octanol–water partition coefficient (Wildman–Crippen LogP) is 2.45. The molecule has 19 heavy (non-hydrogen) atoms. The number of nitrogens with two attached hydrogens (primary N) is 1. The molecule has 1 amide bonds. The van der Waals surface area contributed by atoms with Gasteiger partial charge in [0.1, 0.15) is 0 Å². The van der Waals surface area contributed by atoms with E-state index in [0.29, 0.717) is 12.0 Å². The lowest BCUT2D eigenvalue weighted by Crippen LogP contribution is -2.30. The molecule has 0 saturated heterocycles. The Morgan fingerprint density at radius 2 is 1.89 bits per heavy atom. The van der Waals surface area contributed by atoms with Crippen LogP contribution >= 0.6 is 0 Å². The number of hydrogen-bond donors (Lipinski definition) is 2. The van der Waals surface area contributed by atoms with Gasteiger partial charge in [-0.2, -0.15) is 13.2 Å². The summed E-state index contributed by atoms with van der Waals surface area (Å²) in [4.78, 5) is 11.4. The molecular formula is C13H17F3N2O. The molecule has 6 heteroatoms. The van der Waals surface area contributed by atoms with Crippen molar-refractivity contribution in [1.29, 1.82) is 0 Å². The van der Waals surface area contributed by atoms with Crippen LogP contribution in [-0.4, -0.2) is 11.9 Å². The predicted molar refractivity (Wildman–Crippen MR) is 66.2 cm³/mol. The molecule has 3 nitrogen and oxygen atoms in total. The first kappa shape index (κ1) is 15.5. The number of alkyl halides is 3. The van der Waals surface area contributed by atoms with Crippen LogP contribution in [0, 0.1) is 0 Å². The Labute approximate surface area is 110 Å². The molecule has 0 aliphatic heterocycles.